The van der Waals surface area contributed by atoms with Crippen molar-refractivity contribution in [3.05, 3.63) is 59.8 Å². The van der Waals surface area contributed by atoms with Gasteiger partial charge >= 0.3 is 5.97 Å². The molecule has 1 heterocycles. The van der Waals surface area contributed by atoms with Gasteiger partial charge in [-0.3, -0.25) is 4.68 Å². The van der Waals surface area contributed by atoms with Gasteiger partial charge in [0.1, 0.15) is 5.75 Å². The van der Waals surface area contributed by atoms with Crippen molar-refractivity contribution in [2.24, 2.45) is 5.92 Å². The van der Waals surface area contributed by atoms with E-state index >= 15 is 0 Å². The summed E-state index contributed by atoms with van der Waals surface area (Å²) >= 11 is 6.24. The number of alkyl halides is 1. The van der Waals surface area contributed by atoms with E-state index in [-0.39, 0.29) is 11.1 Å². The molecule has 6 heteroatoms. The van der Waals surface area contributed by atoms with Crippen molar-refractivity contribution >= 4 is 28.5 Å². The second-order valence-corrected chi connectivity index (χ2v) is 6.76. The Morgan fingerprint density at radius 2 is 2.16 bits per heavy atom. The Bertz CT molecular complexity index is 933. The van der Waals surface area contributed by atoms with E-state index in [0.717, 1.165) is 35.1 Å². The Kier molecular flexibility index (Phi) is 4.09. The first kappa shape index (κ1) is 16.0. The molecule has 1 aliphatic rings. The second kappa shape index (κ2) is 6.41. The van der Waals surface area contributed by atoms with Gasteiger partial charge in [0.15, 0.2) is 5.56 Å². The molecule has 0 aliphatic heterocycles. The molecule has 0 radical (unpaired) electrons. The Labute approximate surface area is 149 Å². The molecule has 1 fully saturated rings. The van der Waals surface area contributed by atoms with Crippen molar-refractivity contribution in [2.75, 3.05) is 0 Å². The van der Waals surface area contributed by atoms with Gasteiger partial charge in [0.2, 0.25) is 0 Å². The van der Waals surface area contributed by atoms with E-state index in [2.05, 4.69) is 5.10 Å². The number of carbonyl (C=O) groups is 1. The molecule has 1 saturated carbocycles. The molecule has 2 aromatic carbocycles. The minimum atomic E-state index is -0.939. The molecule has 1 aromatic heterocycles. The molecule has 0 bridgehead atoms. The van der Waals surface area contributed by atoms with E-state index in [1.54, 1.807) is 24.4 Å². The summed E-state index contributed by atoms with van der Waals surface area (Å²) in [6.45, 7) is 0.573. The third kappa shape index (κ3) is 3.46. The first-order valence-electron chi connectivity index (χ1n) is 8.19. The maximum Gasteiger partial charge on any atom is 0.335 e. The van der Waals surface area contributed by atoms with Crippen LogP contribution >= 0.6 is 11.6 Å². The number of rotatable bonds is 6. The smallest absolute Gasteiger partial charge is 0.335 e. The number of fused-ring (bicyclic) bond motifs is 1. The first-order chi connectivity index (χ1) is 12.1. The van der Waals surface area contributed by atoms with Crippen LogP contribution in [0, 0.1) is 5.92 Å². The lowest BCUT2D eigenvalue weighted by atomic mass is 10.1. The summed E-state index contributed by atoms with van der Waals surface area (Å²) in [4.78, 5) is 11.1. The van der Waals surface area contributed by atoms with Crippen LogP contribution < -0.4 is 4.74 Å². The summed E-state index contributed by atoms with van der Waals surface area (Å²) in [5, 5.41) is 14.3. The molecule has 1 aliphatic carbocycles. The molecule has 0 saturated heterocycles. The normalized spacial score (nSPS) is 15.2. The molecular formula is C19H17ClN2O3. The fourth-order valence-corrected chi connectivity index (χ4v) is 3.18. The fraction of sp³-hybridized carbons (Fsp3) is 0.263. The van der Waals surface area contributed by atoms with Crippen LogP contribution in [0.3, 0.4) is 0 Å². The van der Waals surface area contributed by atoms with Gasteiger partial charge < -0.3 is 9.84 Å². The van der Waals surface area contributed by atoms with Crippen molar-refractivity contribution in [3.8, 4) is 5.75 Å². The van der Waals surface area contributed by atoms with Crippen LogP contribution in [0.5, 0.6) is 5.75 Å². The number of halogens is 1. The van der Waals surface area contributed by atoms with Gasteiger partial charge in [-0.1, -0.05) is 23.7 Å². The monoisotopic (exact) mass is 356 g/mol. The number of carboxylic acid groups (broad SMARTS) is 1. The minimum Gasteiger partial charge on any atom is -0.478 e. The van der Waals surface area contributed by atoms with E-state index in [9.17, 15) is 4.79 Å². The van der Waals surface area contributed by atoms with Gasteiger partial charge in [0.25, 0.3) is 0 Å². The van der Waals surface area contributed by atoms with Crippen LogP contribution in [0.4, 0.5) is 0 Å². The molecule has 0 spiro atoms. The quantitative estimate of drug-likeness (QED) is 0.674. The molecule has 4 rings (SSSR count). The van der Waals surface area contributed by atoms with Crippen LogP contribution in [-0.4, -0.2) is 26.4 Å². The summed E-state index contributed by atoms with van der Waals surface area (Å²) in [5.41, 5.74) is 1.93. The number of aromatic nitrogens is 2. The zero-order chi connectivity index (χ0) is 17.4. The number of hydrogen-bond donors (Lipinski definition) is 1. The fourth-order valence-electron chi connectivity index (χ4n) is 2.82. The predicted octanol–water partition coefficient (Wildman–Crippen LogP) is 4.14. The molecule has 25 heavy (non-hydrogen) atoms. The van der Waals surface area contributed by atoms with Crippen molar-refractivity contribution in [1.82, 2.24) is 9.78 Å². The van der Waals surface area contributed by atoms with Crippen LogP contribution in [0.2, 0.25) is 0 Å². The molecule has 3 aromatic rings. The predicted molar refractivity (Wildman–Crippen MR) is 95.2 cm³/mol. The van der Waals surface area contributed by atoms with E-state index in [1.165, 1.54) is 0 Å². The lowest BCUT2D eigenvalue weighted by Crippen LogP contribution is -2.11. The van der Waals surface area contributed by atoms with Crippen LogP contribution in [0.1, 0.15) is 28.8 Å². The molecule has 0 amide bonds. The number of aromatic carboxylic acids is 1. The van der Waals surface area contributed by atoms with Gasteiger partial charge in [-0.2, -0.15) is 5.10 Å². The van der Waals surface area contributed by atoms with Crippen molar-refractivity contribution < 1.29 is 14.6 Å². The summed E-state index contributed by atoms with van der Waals surface area (Å²) in [5.74, 6) is 0.281. The Morgan fingerprint density at radius 1 is 1.32 bits per heavy atom. The number of carboxylic acids is 1. The van der Waals surface area contributed by atoms with Crippen LogP contribution in [0.15, 0.2) is 48.7 Å². The van der Waals surface area contributed by atoms with Gasteiger partial charge in [0, 0.05) is 11.3 Å². The highest BCUT2D eigenvalue weighted by molar-refractivity contribution is 6.20. The minimum absolute atomic E-state index is 0.260. The standard InChI is InChI=1S/C19H17ClN2O3/c20-18(13-4-5-13)25-16-3-1-2-12(8-16)11-22-17-7-6-14(19(23)24)9-15(17)10-21-22/h1-3,6-10,13,18H,4-5,11H2,(H,23,24). The largest absolute Gasteiger partial charge is 0.478 e. The van der Waals surface area contributed by atoms with Gasteiger partial charge in [-0.05, 0) is 48.7 Å². The second-order valence-electron chi connectivity index (χ2n) is 6.33. The topological polar surface area (TPSA) is 64.3 Å². The number of ether oxygens (including phenoxy) is 1. The third-order valence-electron chi connectivity index (χ3n) is 4.36. The van der Waals surface area contributed by atoms with E-state index in [0.29, 0.717) is 12.5 Å². The molecule has 1 unspecified atom stereocenters. The third-order valence-corrected chi connectivity index (χ3v) is 4.81. The molecule has 1 N–H and O–H groups in total. The molecule has 5 nitrogen and oxygen atoms in total. The zero-order valence-electron chi connectivity index (χ0n) is 13.4. The van der Waals surface area contributed by atoms with E-state index in [4.69, 9.17) is 21.4 Å². The Morgan fingerprint density at radius 3 is 2.92 bits per heavy atom. The summed E-state index contributed by atoms with van der Waals surface area (Å²) in [6.07, 6.45) is 3.95. The van der Waals surface area contributed by atoms with Crippen molar-refractivity contribution in [1.29, 1.82) is 0 Å². The maximum atomic E-state index is 11.1. The van der Waals surface area contributed by atoms with Crippen molar-refractivity contribution in [2.45, 2.75) is 24.9 Å². The number of benzene rings is 2. The Balaban J connectivity index is 1.55. The highest BCUT2D eigenvalue weighted by Crippen LogP contribution is 2.36. The highest BCUT2D eigenvalue weighted by Gasteiger charge is 2.31. The molecule has 128 valence electrons. The number of hydrogen-bond acceptors (Lipinski definition) is 3. The Hall–Kier alpha value is -2.53. The zero-order valence-corrected chi connectivity index (χ0v) is 14.2. The maximum absolute atomic E-state index is 11.1. The van der Waals surface area contributed by atoms with Gasteiger partial charge in [-0.25, -0.2) is 4.79 Å². The summed E-state index contributed by atoms with van der Waals surface area (Å²) < 4.78 is 7.64. The number of nitrogens with zero attached hydrogens (tertiary/aromatic N) is 2. The SMILES string of the molecule is O=C(O)c1ccc2c(cnn2Cc2cccc(OC(Cl)C3CC3)c2)c1. The van der Waals surface area contributed by atoms with E-state index < -0.39 is 5.97 Å². The average Bonchev–Trinajstić information content (AvgIpc) is 3.38. The lowest BCUT2D eigenvalue weighted by Gasteiger charge is -2.13. The van der Waals surface area contributed by atoms with Crippen LogP contribution in [0.25, 0.3) is 10.9 Å². The highest BCUT2D eigenvalue weighted by atomic mass is 35.5. The first-order valence-corrected chi connectivity index (χ1v) is 8.62. The summed E-state index contributed by atoms with van der Waals surface area (Å²) in [6, 6.07) is 12.8. The van der Waals surface area contributed by atoms with Crippen LogP contribution in [-0.2, 0) is 6.54 Å². The molecular weight excluding hydrogens is 340 g/mol. The average molecular weight is 357 g/mol. The lowest BCUT2D eigenvalue weighted by molar-refractivity contribution is 0.0697. The van der Waals surface area contributed by atoms with Gasteiger partial charge in [0.05, 0.1) is 23.8 Å². The van der Waals surface area contributed by atoms with Crippen molar-refractivity contribution in [3.63, 3.8) is 0 Å². The van der Waals surface area contributed by atoms with E-state index in [1.807, 2.05) is 28.9 Å². The van der Waals surface area contributed by atoms with Gasteiger partial charge in [-0.15, -0.1) is 0 Å². The summed E-state index contributed by atoms with van der Waals surface area (Å²) in [7, 11) is 0. The molecule has 1 atom stereocenters.